The lowest BCUT2D eigenvalue weighted by Gasteiger charge is -1.90. The lowest BCUT2D eigenvalue weighted by Crippen LogP contribution is -1.99. The van der Waals surface area contributed by atoms with E-state index in [1.807, 2.05) is 26.0 Å². The van der Waals surface area contributed by atoms with Crippen molar-refractivity contribution in [1.29, 1.82) is 0 Å². The van der Waals surface area contributed by atoms with Gasteiger partial charge in [0.2, 0.25) is 0 Å². The van der Waals surface area contributed by atoms with E-state index in [4.69, 9.17) is 0 Å². The maximum atomic E-state index is 10.2. The first-order chi connectivity index (χ1) is 4.63. The van der Waals surface area contributed by atoms with Crippen LogP contribution in [0.5, 0.6) is 0 Å². The van der Waals surface area contributed by atoms with Crippen molar-refractivity contribution in [3.8, 4) is 0 Å². The summed E-state index contributed by atoms with van der Waals surface area (Å²) in [4.78, 5) is 12.2. The van der Waals surface area contributed by atoms with E-state index in [0.29, 0.717) is 5.78 Å². The SMILES string of the molecule is CN(C)C.O=C1CCCC1. The van der Waals surface area contributed by atoms with Gasteiger partial charge in [-0.1, -0.05) is 0 Å². The van der Waals surface area contributed by atoms with Crippen molar-refractivity contribution in [3.63, 3.8) is 0 Å². The highest BCUT2D eigenvalue weighted by Gasteiger charge is 2.07. The molecule has 1 aliphatic carbocycles. The fourth-order valence-corrected chi connectivity index (χ4v) is 0.769. The number of hydrogen-bond donors (Lipinski definition) is 0. The third-order valence-electron chi connectivity index (χ3n) is 1.16. The summed E-state index contributed by atoms with van der Waals surface area (Å²) >= 11 is 0. The third kappa shape index (κ3) is 7.63. The molecule has 0 N–H and O–H groups in total. The minimum atomic E-state index is 0.454. The van der Waals surface area contributed by atoms with Crippen LogP contribution in [0.4, 0.5) is 0 Å². The Hall–Kier alpha value is -0.370. The van der Waals surface area contributed by atoms with E-state index in [0.717, 1.165) is 25.7 Å². The monoisotopic (exact) mass is 143 g/mol. The number of rotatable bonds is 0. The molecule has 0 unspecified atom stereocenters. The molecule has 1 fully saturated rings. The van der Waals surface area contributed by atoms with E-state index >= 15 is 0 Å². The predicted molar refractivity (Wildman–Crippen MR) is 43.1 cm³/mol. The molecule has 1 saturated carbocycles. The van der Waals surface area contributed by atoms with Gasteiger partial charge in [-0.2, -0.15) is 0 Å². The Balaban J connectivity index is 0.000000180. The highest BCUT2D eigenvalue weighted by molar-refractivity contribution is 5.79. The molecule has 0 atom stereocenters. The summed E-state index contributed by atoms with van der Waals surface area (Å²) in [5.74, 6) is 0.454. The van der Waals surface area contributed by atoms with E-state index in [2.05, 4.69) is 0 Å². The summed E-state index contributed by atoms with van der Waals surface area (Å²) in [5.41, 5.74) is 0. The summed E-state index contributed by atoms with van der Waals surface area (Å²) in [6, 6.07) is 0. The van der Waals surface area contributed by atoms with Crippen molar-refractivity contribution in [2.45, 2.75) is 25.7 Å². The fourth-order valence-electron chi connectivity index (χ4n) is 0.769. The van der Waals surface area contributed by atoms with Gasteiger partial charge in [0, 0.05) is 12.8 Å². The van der Waals surface area contributed by atoms with Crippen LogP contribution in [0.25, 0.3) is 0 Å². The van der Waals surface area contributed by atoms with Crippen LogP contribution >= 0.6 is 0 Å². The minimum absolute atomic E-state index is 0.454. The molecule has 0 aromatic heterocycles. The molecular formula is C8H17NO. The molecule has 0 heterocycles. The first-order valence-electron chi connectivity index (χ1n) is 3.75. The van der Waals surface area contributed by atoms with Crippen molar-refractivity contribution >= 4 is 5.78 Å². The molecule has 0 saturated heterocycles. The Kier molecular flexibility index (Phi) is 5.22. The van der Waals surface area contributed by atoms with Crippen LogP contribution in [0.3, 0.4) is 0 Å². The van der Waals surface area contributed by atoms with E-state index in [1.54, 1.807) is 0 Å². The predicted octanol–water partition coefficient (Wildman–Crippen LogP) is 1.31. The van der Waals surface area contributed by atoms with Crippen molar-refractivity contribution in [2.24, 2.45) is 0 Å². The van der Waals surface area contributed by atoms with Gasteiger partial charge in [0.25, 0.3) is 0 Å². The Morgan fingerprint density at radius 2 is 1.40 bits per heavy atom. The number of carbonyl (C=O) groups is 1. The van der Waals surface area contributed by atoms with Crippen LogP contribution in [-0.4, -0.2) is 31.8 Å². The molecule has 2 heteroatoms. The zero-order valence-corrected chi connectivity index (χ0v) is 7.18. The van der Waals surface area contributed by atoms with E-state index in [-0.39, 0.29) is 0 Å². The largest absolute Gasteiger partial charge is 0.312 e. The molecule has 0 spiro atoms. The second-order valence-electron chi connectivity index (χ2n) is 3.09. The molecule has 0 aromatic carbocycles. The molecule has 0 bridgehead atoms. The van der Waals surface area contributed by atoms with Crippen molar-refractivity contribution in [3.05, 3.63) is 0 Å². The molecule has 0 aromatic rings. The van der Waals surface area contributed by atoms with Crippen LogP contribution in [-0.2, 0) is 4.79 Å². The number of ketones is 1. The van der Waals surface area contributed by atoms with Crippen molar-refractivity contribution in [1.82, 2.24) is 4.90 Å². The van der Waals surface area contributed by atoms with Gasteiger partial charge in [-0.05, 0) is 34.0 Å². The molecule has 2 nitrogen and oxygen atoms in total. The van der Waals surface area contributed by atoms with Gasteiger partial charge in [-0.25, -0.2) is 0 Å². The molecular weight excluding hydrogens is 126 g/mol. The zero-order valence-electron chi connectivity index (χ0n) is 7.18. The number of hydrogen-bond acceptors (Lipinski definition) is 2. The number of nitrogens with zero attached hydrogens (tertiary/aromatic N) is 1. The average molecular weight is 143 g/mol. The minimum Gasteiger partial charge on any atom is -0.312 e. The zero-order chi connectivity index (χ0) is 7.98. The summed E-state index contributed by atoms with van der Waals surface area (Å²) in [5, 5.41) is 0. The molecule has 0 radical (unpaired) electrons. The maximum absolute atomic E-state index is 10.2. The smallest absolute Gasteiger partial charge is 0.132 e. The van der Waals surface area contributed by atoms with Gasteiger partial charge >= 0.3 is 0 Å². The topological polar surface area (TPSA) is 20.3 Å². The van der Waals surface area contributed by atoms with Crippen LogP contribution in [0.15, 0.2) is 0 Å². The Bertz CT molecular complexity index is 88.7. The second kappa shape index (κ2) is 5.42. The second-order valence-corrected chi connectivity index (χ2v) is 3.09. The quantitative estimate of drug-likeness (QED) is 0.509. The van der Waals surface area contributed by atoms with Crippen LogP contribution in [0.1, 0.15) is 25.7 Å². The maximum Gasteiger partial charge on any atom is 0.132 e. The van der Waals surface area contributed by atoms with Crippen LogP contribution in [0, 0.1) is 0 Å². The van der Waals surface area contributed by atoms with Gasteiger partial charge in [0.15, 0.2) is 0 Å². The lowest BCUT2D eigenvalue weighted by atomic mass is 10.4. The van der Waals surface area contributed by atoms with Gasteiger partial charge in [0.1, 0.15) is 5.78 Å². The average Bonchev–Trinajstić information content (AvgIpc) is 2.15. The summed E-state index contributed by atoms with van der Waals surface area (Å²) in [7, 11) is 6.00. The van der Waals surface area contributed by atoms with Gasteiger partial charge < -0.3 is 4.90 Å². The molecule has 0 amide bonds. The Morgan fingerprint density at radius 1 is 1.10 bits per heavy atom. The summed E-state index contributed by atoms with van der Waals surface area (Å²) in [6.45, 7) is 0. The third-order valence-corrected chi connectivity index (χ3v) is 1.16. The summed E-state index contributed by atoms with van der Waals surface area (Å²) in [6.07, 6.45) is 3.97. The molecule has 1 aliphatic rings. The van der Waals surface area contributed by atoms with Gasteiger partial charge in [-0.15, -0.1) is 0 Å². The van der Waals surface area contributed by atoms with Crippen LogP contribution in [0.2, 0.25) is 0 Å². The lowest BCUT2D eigenvalue weighted by molar-refractivity contribution is -0.117. The first-order valence-corrected chi connectivity index (χ1v) is 3.75. The molecule has 60 valence electrons. The van der Waals surface area contributed by atoms with E-state index in [9.17, 15) is 4.79 Å². The van der Waals surface area contributed by atoms with Crippen molar-refractivity contribution in [2.75, 3.05) is 21.1 Å². The first kappa shape index (κ1) is 9.63. The van der Waals surface area contributed by atoms with E-state index < -0.39 is 0 Å². The highest BCUT2D eigenvalue weighted by atomic mass is 16.1. The normalized spacial score (nSPS) is 17.0. The van der Waals surface area contributed by atoms with Crippen LogP contribution < -0.4 is 0 Å². The fraction of sp³-hybridized carbons (Fsp3) is 0.875. The van der Waals surface area contributed by atoms with E-state index in [1.165, 1.54) is 0 Å². The van der Waals surface area contributed by atoms with Gasteiger partial charge in [-0.3, -0.25) is 4.79 Å². The van der Waals surface area contributed by atoms with Crippen molar-refractivity contribution < 1.29 is 4.79 Å². The number of Topliss-reactive ketones (excluding diaryl/α,β-unsaturated/α-hetero) is 1. The number of carbonyl (C=O) groups excluding carboxylic acids is 1. The van der Waals surface area contributed by atoms with Gasteiger partial charge in [0.05, 0.1) is 0 Å². The highest BCUT2D eigenvalue weighted by Crippen LogP contribution is 2.11. The summed E-state index contributed by atoms with van der Waals surface area (Å²) < 4.78 is 0. The Labute approximate surface area is 63.2 Å². The molecule has 0 aliphatic heterocycles. The standard InChI is InChI=1S/C5H8O.C3H9N/c6-5-3-1-2-4-5;1-4(2)3/h1-4H2;1-3H3. The molecule has 1 rings (SSSR count). The molecule has 10 heavy (non-hydrogen) atoms. The Morgan fingerprint density at radius 3 is 1.50 bits per heavy atom.